The number of carbonyl (C=O) groups is 2. The van der Waals surface area contributed by atoms with Crippen LogP contribution in [0.5, 0.6) is 0 Å². The molecule has 0 bridgehead atoms. The van der Waals surface area contributed by atoms with Gasteiger partial charge in [0, 0.05) is 37.0 Å². The van der Waals surface area contributed by atoms with Crippen molar-refractivity contribution in [1.29, 1.82) is 0 Å². The predicted molar refractivity (Wildman–Crippen MR) is 106 cm³/mol. The second-order valence-electron chi connectivity index (χ2n) is 6.33. The van der Waals surface area contributed by atoms with Gasteiger partial charge in [-0.2, -0.15) is 0 Å². The van der Waals surface area contributed by atoms with Crippen molar-refractivity contribution in [2.24, 2.45) is 0 Å². The molecule has 1 aliphatic rings. The lowest BCUT2D eigenvalue weighted by atomic mass is 10.0. The molecule has 0 atom stereocenters. The van der Waals surface area contributed by atoms with Crippen molar-refractivity contribution in [3.8, 4) is 11.1 Å². The van der Waals surface area contributed by atoms with E-state index in [0.29, 0.717) is 47.9 Å². The van der Waals surface area contributed by atoms with Crippen molar-refractivity contribution < 1.29 is 23.5 Å². The molecule has 2 aromatic rings. The summed E-state index contributed by atoms with van der Waals surface area (Å²) >= 11 is 1.26. The minimum absolute atomic E-state index is 0.162. The van der Waals surface area contributed by atoms with E-state index in [9.17, 15) is 14.0 Å². The molecule has 1 aliphatic heterocycles. The maximum Gasteiger partial charge on any atom is 0.341 e. The Balaban J connectivity index is 1.75. The molecule has 1 aromatic carbocycles. The number of amides is 1. The van der Waals surface area contributed by atoms with Crippen molar-refractivity contribution in [3.63, 3.8) is 0 Å². The second-order valence-corrected chi connectivity index (χ2v) is 7.21. The summed E-state index contributed by atoms with van der Waals surface area (Å²) in [5, 5.41) is 5.06. The third kappa shape index (κ3) is 5.15. The number of hydrogen-bond acceptors (Lipinski definition) is 6. The molecule has 1 aromatic heterocycles. The summed E-state index contributed by atoms with van der Waals surface area (Å²) in [4.78, 5) is 27.1. The molecule has 0 spiro atoms. The molecule has 1 amide bonds. The van der Waals surface area contributed by atoms with Crippen molar-refractivity contribution in [3.05, 3.63) is 41.0 Å². The standard InChI is InChI=1S/C20H23FN2O4S/c1-2-27-20(25)18-16(14-3-5-15(21)6-4-14)13-28-19(18)22-17(24)7-8-23-9-11-26-12-10-23/h3-6,13H,2,7-12H2,1H3,(H,22,24). The second kappa shape index (κ2) is 9.77. The fourth-order valence-electron chi connectivity index (χ4n) is 2.97. The van der Waals surface area contributed by atoms with E-state index in [1.807, 2.05) is 0 Å². The fraction of sp³-hybridized carbons (Fsp3) is 0.400. The zero-order chi connectivity index (χ0) is 19.9. The third-order valence-corrected chi connectivity index (χ3v) is 5.33. The molecule has 1 N–H and O–H groups in total. The van der Waals surface area contributed by atoms with Crippen LogP contribution < -0.4 is 5.32 Å². The molecule has 3 rings (SSSR count). The Morgan fingerprint density at radius 3 is 2.64 bits per heavy atom. The number of hydrogen-bond donors (Lipinski definition) is 1. The average molecular weight is 406 g/mol. The van der Waals surface area contributed by atoms with Gasteiger partial charge in [-0.1, -0.05) is 12.1 Å². The summed E-state index contributed by atoms with van der Waals surface area (Å²) in [5.74, 6) is -1.02. The number of anilines is 1. The van der Waals surface area contributed by atoms with Gasteiger partial charge < -0.3 is 14.8 Å². The summed E-state index contributed by atoms with van der Waals surface area (Å²) in [6.45, 7) is 5.58. The maximum absolute atomic E-state index is 13.2. The van der Waals surface area contributed by atoms with Crippen LogP contribution in [0.2, 0.25) is 0 Å². The Kier molecular flexibility index (Phi) is 7.13. The first-order chi connectivity index (χ1) is 13.6. The number of halogens is 1. The van der Waals surface area contributed by atoms with Crippen molar-refractivity contribution >= 4 is 28.2 Å². The number of carbonyl (C=O) groups excluding carboxylic acids is 2. The Bertz CT molecular complexity index is 816. The quantitative estimate of drug-likeness (QED) is 0.714. The number of ether oxygens (including phenoxy) is 2. The van der Waals surface area contributed by atoms with E-state index in [2.05, 4.69) is 10.2 Å². The Labute approximate surface area is 167 Å². The molecular weight excluding hydrogens is 383 g/mol. The lowest BCUT2D eigenvalue weighted by Crippen LogP contribution is -2.38. The molecule has 0 radical (unpaired) electrons. The first kappa shape index (κ1) is 20.4. The largest absolute Gasteiger partial charge is 0.462 e. The number of rotatable bonds is 7. The van der Waals surface area contributed by atoms with Crippen LogP contribution in [0.1, 0.15) is 23.7 Å². The SMILES string of the molecule is CCOC(=O)c1c(-c2ccc(F)cc2)csc1NC(=O)CCN1CCOCC1. The van der Waals surface area contributed by atoms with Gasteiger partial charge in [-0.3, -0.25) is 9.69 Å². The van der Waals surface area contributed by atoms with E-state index in [0.717, 1.165) is 13.1 Å². The molecule has 1 fully saturated rings. The number of morpholine rings is 1. The van der Waals surface area contributed by atoms with Gasteiger partial charge in [0.15, 0.2) is 0 Å². The monoisotopic (exact) mass is 406 g/mol. The van der Waals surface area contributed by atoms with Crippen LogP contribution in [-0.4, -0.2) is 56.2 Å². The van der Waals surface area contributed by atoms with Crippen LogP contribution in [-0.2, 0) is 14.3 Å². The van der Waals surface area contributed by atoms with Crippen molar-refractivity contribution in [2.75, 3.05) is 44.8 Å². The van der Waals surface area contributed by atoms with Crippen molar-refractivity contribution in [1.82, 2.24) is 4.90 Å². The highest BCUT2D eigenvalue weighted by molar-refractivity contribution is 7.15. The van der Waals surface area contributed by atoms with Crippen LogP contribution >= 0.6 is 11.3 Å². The van der Waals surface area contributed by atoms with Gasteiger partial charge in [-0.05, 0) is 24.6 Å². The number of thiophene rings is 1. The number of nitrogens with one attached hydrogen (secondary N) is 1. The number of esters is 1. The van der Waals surface area contributed by atoms with Gasteiger partial charge in [0.05, 0.1) is 19.8 Å². The molecule has 6 nitrogen and oxygen atoms in total. The van der Waals surface area contributed by atoms with Crippen LogP contribution in [0.4, 0.5) is 9.39 Å². The van der Waals surface area contributed by atoms with E-state index < -0.39 is 5.97 Å². The predicted octanol–water partition coefficient (Wildman–Crippen LogP) is 3.39. The minimum Gasteiger partial charge on any atom is -0.462 e. The summed E-state index contributed by atoms with van der Waals surface area (Å²) < 4.78 is 23.7. The van der Waals surface area contributed by atoms with Gasteiger partial charge in [-0.25, -0.2) is 9.18 Å². The topological polar surface area (TPSA) is 67.9 Å². The molecule has 8 heteroatoms. The van der Waals surface area contributed by atoms with Gasteiger partial charge in [0.2, 0.25) is 5.91 Å². The Morgan fingerprint density at radius 1 is 1.25 bits per heavy atom. The zero-order valence-corrected chi connectivity index (χ0v) is 16.5. The number of nitrogens with zero attached hydrogens (tertiary/aromatic N) is 1. The smallest absolute Gasteiger partial charge is 0.341 e. The summed E-state index contributed by atoms with van der Waals surface area (Å²) in [6.07, 6.45) is 0.325. The highest BCUT2D eigenvalue weighted by atomic mass is 32.1. The number of benzene rings is 1. The Morgan fingerprint density at radius 2 is 1.96 bits per heavy atom. The first-order valence-electron chi connectivity index (χ1n) is 9.23. The normalized spacial score (nSPS) is 14.6. The highest BCUT2D eigenvalue weighted by Gasteiger charge is 2.23. The van der Waals surface area contributed by atoms with Crippen LogP contribution in [0.3, 0.4) is 0 Å². The highest BCUT2D eigenvalue weighted by Crippen LogP contribution is 2.36. The Hall–Kier alpha value is -2.29. The molecule has 28 heavy (non-hydrogen) atoms. The van der Waals surface area contributed by atoms with Crippen molar-refractivity contribution in [2.45, 2.75) is 13.3 Å². The average Bonchev–Trinajstić information content (AvgIpc) is 3.11. The van der Waals surface area contributed by atoms with Gasteiger partial charge in [0.1, 0.15) is 16.4 Å². The third-order valence-electron chi connectivity index (χ3n) is 4.44. The van der Waals surface area contributed by atoms with E-state index in [4.69, 9.17) is 9.47 Å². The summed E-state index contributed by atoms with van der Waals surface area (Å²) in [6, 6.07) is 5.87. The lowest BCUT2D eigenvalue weighted by molar-refractivity contribution is -0.116. The van der Waals surface area contributed by atoms with Crippen LogP contribution in [0.25, 0.3) is 11.1 Å². The summed E-state index contributed by atoms with van der Waals surface area (Å²) in [7, 11) is 0. The molecule has 0 aliphatic carbocycles. The minimum atomic E-state index is -0.508. The maximum atomic E-state index is 13.2. The molecule has 0 saturated carbocycles. The van der Waals surface area contributed by atoms with Gasteiger partial charge >= 0.3 is 5.97 Å². The molecule has 150 valence electrons. The van der Waals surface area contributed by atoms with E-state index in [1.165, 1.54) is 23.5 Å². The van der Waals surface area contributed by atoms with E-state index >= 15 is 0 Å². The summed E-state index contributed by atoms with van der Waals surface area (Å²) in [5.41, 5.74) is 1.61. The van der Waals surface area contributed by atoms with Crippen LogP contribution in [0.15, 0.2) is 29.6 Å². The molecule has 0 unspecified atom stereocenters. The van der Waals surface area contributed by atoms with Gasteiger partial charge in [0.25, 0.3) is 0 Å². The molecule has 2 heterocycles. The molecular formula is C20H23FN2O4S. The zero-order valence-electron chi connectivity index (χ0n) is 15.7. The van der Waals surface area contributed by atoms with Crippen LogP contribution in [0, 0.1) is 5.82 Å². The van der Waals surface area contributed by atoms with E-state index in [-0.39, 0.29) is 18.3 Å². The molecule has 1 saturated heterocycles. The lowest BCUT2D eigenvalue weighted by Gasteiger charge is -2.26. The van der Waals surface area contributed by atoms with E-state index in [1.54, 1.807) is 24.4 Å². The first-order valence-corrected chi connectivity index (χ1v) is 10.1. The fourth-order valence-corrected chi connectivity index (χ4v) is 3.94. The van der Waals surface area contributed by atoms with Gasteiger partial charge in [-0.15, -0.1) is 11.3 Å².